The maximum Gasteiger partial charge on any atom is 0.453 e. The Labute approximate surface area is 189 Å². The van der Waals surface area contributed by atoms with Gasteiger partial charge in [-0.1, -0.05) is 16.8 Å². The van der Waals surface area contributed by atoms with Crippen LogP contribution in [0.1, 0.15) is 35.1 Å². The number of ether oxygens (including phenoxy) is 1. The van der Waals surface area contributed by atoms with Gasteiger partial charge in [-0.25, -0.2) is 9.50 Å². The number of fused-ring (bicyclic) bond motifs is 1. The largest absolute Gasteiger partial charge is 0.456 e. The summed E-state index contributed by atoms with van der Waals surface area (Å²) in [5.41, 5.74) is 2.15. The lowest BCUT2D eigenvalue weighted by atomic mass is 10.1. The van der Waals surface area contributed by atoms with E-state index in [1.807, 2.05) is 0 Å². The smallest absolute Gasteiger partial charge is 0.453 e. The van der Waals surface area contributed by atoms with E-state index in [-0.39, 0.29) is 31.1 Å². The normalized spacial score (nSPS) is 11.8. The number of esters is 1. The molecule has 1 aromatic carbocycles. The molecule has 0 bridgehead atoms. The molecule has 13 heteroatoms. The summed E-state index contributed by atoms with van der Waals surface area (Å²) < 4.78 is 50.0. The number of benzene rings is 1. The second kappa shape index (κ2) is 8.77. The molecule has 4 rings (SSSR count). The zero-order valence-electron chi connectivity index (χ0n) is 17.4. The second-order valence-electron chi connectivity index (χ2n) is 7.09. The van der Waals surface area contributed by atoms with Crippen LogP contribution in [0.5, 0.6) is 0 Å². The molecule has 0 aliphatic carbocycles. The highest BCUT2D eigenvalue weighted by Crippen LogP contribution is 2.27. The summed E-state index contributed by atoms with van der Waals surface area (Å²) in [7, 11) is 0. The van der Waals surface area contributed by atoms with E-state index in [9.17, 15) is 18.0 Å². The Hall–Kier alpha value is -3.54. The number of carbonyl (C=O) groups is 1. The monoisotopic (exact) mass is 480 g/mol. The standard InChI is InChI=1S/C20H16ClF3N6O3/c1-10-14(11(2)30-19(25-10)27-18(28-30)20(22,23)24)7-8-16(31)32-9-15-26-17(29-33-15)12-3-5-13(21)6-4-12/h3-6H,7-9H2,1-2H3. The van der Waals surface area contributed by atoms with Crippen LogP contribution in [0.4, 0.5) is 13.2 Å². The van der Waals surface area contributed by atoms with Gasteiger partial charge >= 0.3 is 12.1 Å². The molecule has 0 saturated heterocycles. The molecule has 0 amide bonds. The van der Waals surface area contributed by atoms with Crippen molar-refractivity contribution in [3.05, 3.63) is 58.0 Å². The van der Waals surface area contributed by atoms with Gasteiger partial charge in [-0.2, -0.15) is 23.1 Å². The summed E-state index contributed by atoms with van der Waals surface area (Å²) >= 11 is 5.85. The Balaban J connectivity index is 1.38. The molecule has 0 spiro atoms. The van der Waals surface area contributed by atoms with Crippen molar-refractivity contribution < 1.29 is 27.2 Å². The van der Waals surface area contributed by atoms with Gasteiger partial charge < -0.3 is 9.26 Å². The fourth-order valence-corrected chi connectivity index (χ4v) is 3.29. The Morgan fingerprint density at radius 3 is 2.58 bits per heavy atom. The molecular weight excluding hydrogens is 465 g/mol. The summed E-state index contributed by atoms with van der Waals surface area (Å²) in [6.07, 6.45) is -4.52. The van der Waals surface area contributed by atoms with Crippen LogP contribution in [0.15, 0.2) is 28.8 Å². The minimum absolute atomic E-state index is 0.0339. The first-order valence-corrected chi connectivity index (χ1v) is 10.0. The third-order valence-corrected chi connectivity index (χ3v) is 5.06. The van der Waals surface area contributed by atoms with Crippen LogP contribution >= 0.6 is 11.6 Å². The summed E-state index contributed by atoms with van der Waals surface area (Å²) in [5, 5.41) is 7.89. The molecule has 0 fully saturated rings. The number of aryl methyl sites for hydroxylation is 2. The summed E-state index contributed by atoms with van der Waals surface area (Å²) in [6, 6.07) is 6.83. The van der Waals surface area contributed by atoms with Crippen molar-refractivity contribution in [2.45, 2.75) is 39.5 Å². The second-order valence-corrected chi connectivity index (χ2v) is 7.52. The van der Waals surface area contributed by atoms with Gasteiger partial charge in [0.15, 0.2) is 6.61 Å². The molecule has 0 radical (unpaired) electrons. The molecule has 9 nitrogen and oxygen atoms in total. The van der Waals surface area contributed by atoms with Gasteiger partial charge in [0.1, 0.15) is 0 Å². The van der Waals surface area contributed by atoms with Gasteiger partial charge in [0.05, 0.1) is 0 Å². The lowest BCUT2D eigenvalue weighted by molar-refractivity contribution is -0.146. The topological polar surface area (TPSA) is 108 Å². The van der Waals surface area contributed by atoms with Crippen LogP contribution in [0.3, 0.4) is 0 Å². The number of hydrogen-bond acceptors (Lipinski definition) is 8. The van der Waals surface area contributed by atoms with E-state index in [2.05, 4.69) is 25.2 Å². The first-order chi connectivity index (χ1) is 15.6. The highest BCUT2D eigenvalue weighted by molar-refractivity contribution is 6.30. The van der Waals surface area contributed by atoms with E-state index in [0.29, 0.717) is 33.4 Å². The Morgan fingerprint density at radius 2 is 1.88 bits per heavy atom. The van der Waals surface area contributed by atoms with Crippen LogP contribution in [0.2, 0.25) is 5.02 Å². The molecule has 4 aromatic rings. The van der Waals surface area contributed by atoms with Crippen molar-refractivity contribution in [2.24, 2.45) is 0 Å². The van der Waals surface area contributed by atoms with Gasteiger partial charge in [0.2, 0.25) is 5.82 Å². The van der Waals surface area contributed by atoms with Gasteiger partial charge in [-0.05, 0) is 50.1 Å². The Bertz CT molecular complexity index is 1320. The molecule has 0 N–H and O–H groups in total. The summed E-state index contributed by atoms with van der Waals surface area (Å²) in [6.45, 7) is 3.01. The fourth-order valence-electron chi connectivity index (χ4n) is 3.16. The Kier molecular flexibility index (Phi) is 6.02. The summed E-state index contributed by atoms with van der Waals surface area (Å²) in [5.74, 6) is -1.53. The van der Waals surface area contributed by atoms with Crippen molar-refractivity contribution in [1.29, 1.82) is 0 Å². The number of hydrogen-bond donors (Lipinski definition) is 0. The van der Waals surface area contributed by atoms with E-state index in [1.54, 1.807) is 38.1 Å². The number of aromatic nitrogens is 6. The number of nitrogens with zero attached hydrogens (tertiary/aromatic N) is 6. The van der Waals surface area contributed by atoms with Gasteiger partial charge in [0, 0.05) is 28.4 Å². The average molecular weight is 481 g/mol. The molecule has 172 valence electrons. The first kappa shape index (κ1) is 22.6. The van der Waals surface area contributed by atoms with Crippen molar-refractivity contribution in [2.75, 3.05) is 0 Å². The molecule has 33 heavy (non-hydrogen) atoms. The molecule has 3 heterocycles. The van der Waals surface area contributed by atoms with E-state index < -0.39 is 18.0 Å². The van der Waals surface area contributed by atoms with Crippen molar-refractivity contribution in [3.63, 3.8) is 0 Å². The van der Waals surface area contributed by atoms with Crippen LogP contribution < -0.4 is 0 Å². The Morgan fingerprint density at radius 1 is 1.15 bits per heavy atom. The SMILES string of the molecule is Cc1nc2nc(C(F)(F)F)nn2c(C)c1CCC(=O)OCc1nc(-c2ccc(Cl)cc2)no1. The quantitative estimate of drug-likeness (QED) is 0.379. The maximum atomic E-state index is 12.9. The lowest BCUT2D eigenvalue weighted by Crippen LogP contribution is -2.11. The van der Waals surface area contributed by atoms with Crippen molar-refractivity contribution in [1.82, 2.24) is 29.7 Å². The van der Waals surface area contributed by atoms with Gasteiger partial charge in [-0.15, -0.1) is 5.10 Å². The summed E-state index contributed by atoms with van der Waals surface area (Å²) in [4.78, 5) is 23.9. The fraction of sp³-hybridized carbons (Fsp3) is 0.300. The third-order valence-electron chi connectivity index (χ3n) is 4.81. The van der Waals surface area contributed by atoms with E-state index in [0.717, 1.165) is 4.52 Å². The first-order valence-electron chi connectivity index (χ1n) is 9.66. The van der Waals surface area contributed by atoms with Crippen LogP contribution in [0, 0.1) is 13.8 Å². The highest BCUT2D eigenvalue weighted by Gasteiger charge is 2.37. The molecule has 0 unspecified atom stereocenters. The van der Waals surface area contributed by atoms with Gasteiger partial charge in [0.25, 0.3) is 17.5 Å². The third kappa shape index (κ3) is 4.95. The minimum Gasteiger partial charge on any atom is -0.456 e. The number of rotatable bonds is 6. The zero-order chi connectivity index (χ0) is 23.8. The minimum atomic E-state index is -4.68. The van der Waals surface area contributed by atoms with E-state index in [1.165, 1.54) is 0 Å². The molecule has 0 aliphatic heterocycles. The van der Waals surface area contributed by atoms with Crippen LogP contribution in [-0.2, 0) is 28.7 Å². The molecule has 0 aliphatic rings. The number of halogens is 4. The number of alkyl halides is 3. The van der Waals surface area contributed by atoms with E-state index >= 15 is 0 Å². The van der Waals surface area contributed by atoms with Gasteiger partial charge in [-0.3, -0.25) is 4.79 Å². The average Bonchev–Trinajstić information content (AvgIpc) is 3.40. The molecule has 0 atom stereocenters. The molecule has 0 saturated carbocycles. The van der Waals surface area contributed by atoms with Crippen molar-refractivity contribution in [3.8, 4) is 11.4 Å². The predicted molar refractivity (Wildman–Crippen MR) is 108 cm³/mol. The lowest BCUT2D eigenvalue weighted by Gasteiger charge is -2.09. The van der Waals surface area contributed by atoms with E-state index in [4.69, 9.17) is 20.9 Å². The van der Waals surface area contributed by atoms with Crippen LogP contribution in [-0.4, -0.2) is 35.7 Å². The number of carbonyl (C=O) groups excluding carboxylic acids is 1. The molecule has 3 aromatic heterocycles. The molecular formula is C20H16ClF3N6O3. The zero-order valence-corrected chi connectivity index (χ0v) is 18.1. The van der Waals surface area contributed by atoms with Crippen molar-refractivity contribution >= 4 is 23.3 Å². The maximum absolute atomic E-state index is 12.9. The predicted octanol–water partition coefficient (Wildman–Crippen LogP) is 4.14. The van der Waals surface area contributed by atoms with Crippen LogP contribution in [0.25, 0.3) is 17.2 Å². The highest BCUT2D eigenvalue weighted by atomic mass is 35.5.